The third-order valence-corrected chi connectivity index (χ3v) is 39.7. The first kappa shape index (κ1) is 111. The van der Waals surface area contributed by atoms with E-state index in [4.69, 9.17) is 88.5 Å². The van der Waals surface area contributed by atoms with Crippen LogP contribution < -0.4 is 9.80 Å². The molecule has 10 aromatic rings. The summed E-state index contributed by atoms with van der Waals surface area (Å²) in [7, 11) is -8.63. The summed E-state index contributed by atoms with van der Waals surface area (Å²) in [5.41, 5.74) is 5.33. The molecule has 0 aliphatic carbocycles. The van der Waals surface area contributed by atoms with Crippen molar-refractivity contribution >= 4 is 139 Å². The summed E-state index contributed by atoms with van der Waals surface area (Å²) >= 11 is 11.5. The molecule has 14 bridgehead atoms. The lowest BCUT2D eigenvalue weighted by atomic mass is 10.0. The number of allylic oxidation sites excluding steroid dienone is 2. The maximum Gasteiger partial charge on any atom is 0.695 e. The van der Waals surface area contributed by atoms with E-state index >= 15 is 0 Å². The van der Waals surface area contributed by atoms with Gasteiger partial charge in [-0.15, -0.1) is 9.42 Å². The van der Waals surface area contributed by atoms with Gasteiger partial charge in [0.05, 0.1) is 75.3 Å². The monoisotopic (exact) mass is 2090 g/mol. The van der Waals surface area contributed by atoms with Crippen molar-refractivity contribution in [3.05, 3.63) is 158 Å². The standard InChI is InChI=1S/C39H49N9O11P2Si.C39H49N9O10P2S2Si.2C6H15N.H2O/c1-23-26(17-49)55-37(30(23)58-61(53)54)47-21-44-28-25(40-19-41-33(28)47)15-11-8-12-16-46(36(51)24-13-9-7-10-14-24)34-29-35(43-20-42-34)48(22-45-29)38-32(57-60-52)31(27(18-50)56-38)59-62(5,6)39(2,3)4;1-23-26-17-52-60(51,62)57-32-31(58-63(5,6)39(2,3)4)27-18-53-59(50,61)56-30(23)37(54-26)47-21-44-28-25(40-19-41-33(28)47)15-11-8-12-16-46(36(49)24-13-9-7-10-14-24)34-29-35(43-20-42-34)48(22-45-29)38(32)55-27;2*1-4-7(5-2)6-3;/h7-10,12-14,19-23,26-27,30-32,37-38,49-50H,11,15-18H2,1-6H3;7-10,12-14,19-23,26-27,30-32,37-38H,11,15-18H2,1-6H3,(H,50,61)(H,51,62);2*4-6H2,1-3H3;1H2/p+1/b2*12-8+;;;/t23-,26-,27-,30-,31-,32-,37-,38-;23-,26-,27-,30-,31-,32-,37-,38-,59?,60?;;;/m11.../s1. The fourth-order valence-electron chi connectivity index (χ4n) is 16.8. The van der Waals surface area contributed by atoms with Gasteiger partial charge in [-0.2, -0.15) is 0 Å². The molecule has 762 valence electrons. The van der Waals surface area contributed by atoms with Crippen LogP contribution in [0.25, 0.3) is 44.7 Å². The smallest absolute Gasteiger partial charge is 0.412 e. The number of aliphatic hydroxyl groups is 2. The van der Waals surface area contributed by atoms with Gasteiger partial charge in [-0.05, 0) is 149 Å². The van der Waals surface area contributed by atoms with Gasteiger partial charge in [0.2, 0.25) is 0 Å². The Morgan fingerprint density at radius 2 is 1.04 bits per heavy atom. The minimum absolute atomic E-state index is 0. The number of aliphatic hydroxyl groups excluding tert-OH is 2. The Morgan fingerprint density at radius 1 is 0.564 bits per heavy atom. The second kappa shape index (κ2) is 48.5. The third kappa shape index (κ3) is 25.3. The largest absolute Gasteiger partial charge is 0.695 e. The topological polar surface area (TPSA) is 499 Å². The normalized spacial score (nSPS) is 26.7. The van der Waals surface area contributed by atoms with Gasteiger partial charge in [0.25, 0.3) is 11.8 Å². The molecule has 0 saturated carbocycles. The maximum absolute atomic E-state index is 14.3. The molecular formula is C90H131N20O22P4S2Si2+. The Labute approximate surface area is 829 Å². The Morgan fingerprint density at radius 3 is 1.61 bits per heavy atom. The van der Waals surface area contributed by atoms with Crippen LogP contribution in [0.1, 0.15) is 167 Å². The second-order valence-corrected chi connectivity index (χ2v) is 53.4. The van der Waals surface area contributed by atoms with Crippen molar-refractivity contribution in [1.29, 1.82) is 0 Å². The fraction of sp³-hybridized carbons (Fsp3) is 0.578. The summed E-state index contributed by atoms with van der Waals surface area (Å²) < 4.78 is 106. The number of anilines is 2. The second-order valence-electron chi connectivity index (χ2n) is 37.3. The molecule has 42 nitrogen and oxygen atoms in total. The van der Waals surface area contributed by atoms with Crippen molar-refractivity contribution < 1.29 is 104 Å². The molecule has 50 heteroatoms. The van der Waals surface area contributed by atoms with E-state index in [1.807, 2.05) is 43.4 Å². The van der Waals surface area contributed by atoms with Gasteiger partial charge in [0.15, 0.2) is 92.9 Å². The van der Waals surface area contributed by atoms with E-state index in [1.165, 1.54) is 93.4 Å². The van der Waals surface area contributed by atoms with Crippen molar-refractivity contribution in [3.63, 3.8) is 0 Å². The summed E-state index contributed by atoms with van der Waals surface area (Å²) in [6.45, 7) is 35.6. The lowest BCUT2D eigenvalue weighted by Gasteiger charge is -2.41. The van der Waals surface area contributed by atoms with E-state index in [0.717, 1.165) is 0 Å². The Balaban J connectivity index is 0.000000219. The fourth-order valence-corrected chi connectivity index (χ4v) is 23.1. The van der Waals surface area contributed by atoms with E-state index in [0.29, 0.717) is 81.7 Å². The van der Waals surface area contributed by atoms with Crippen LogP contribution in [0.3, 0.4) is 0 Å². The van der Waals surface area contributed by atoms with Crippen LogP contribution in [-0.2, 0) is 101 Å². The Hall–Kier alpha value is -7.81. The molecule has 7 N–H and O–H groups in total. The van der Waals surface area contributed by atoms with Crippen LogP contribution in [0.15, 0.2) is 136 Å². The van der Waals surface area contributed by atoms with Crippen LogP contribution in [0.4, 0.5) is 11.6 Å². The average Bonchev–Trinajstić information content (AvgIpc) is 1.62. The Bertz CT molecular complexity index is 5980. The van der Waals surface area contributed by atoms with Crippen LogP contribution in [0, 0.1) is 11.8 Å². The number of amides is 2. The van der Waals surface area contributed by atoms with Gasteiger partial charge in [0, 0.05) is 40.6 Å². The average molecular weight is 2090 g/mol. The molecule has 2 amide bonds. The number of nitrogens with zero attached hydrogens (tertiary/aromatic N) is 20. The van der Waals surface area contributed by atoms with Crippen LogP contribution >= 0.6 is 30.4 Å². The van der Waals surface area contributed by atoms with Gasteiger partial charge >= 0.3 is 30.4 Å². The number of benzene rings is 2. The Kier molecular flexibility index (Phi) is 38.4. The number of hydrogen-bond donors (Lipinski definition) is 5. The molecule has 7 aliphatic rings. The van der Waals surface area contributed by atoms with Crippen LogP contribution in [0.5, 0.6) is 0 Å². The molecular weight excluding hydrogens is 1960 g/mol. The van der Waals surface area contributed by atoms with Crippen molar-refractivity contribution in [3.8, 4) is 0 Å². The van der Waals surface area contributed by atoms with Crippen LogP contribution in [-0.4, -0.2) is 287 Å². The summed E-state index contributed by atoms with van der Waals surface area (Å²) in [4.78, 5) is 125. The number of ether oxygens (including phenoxy) is 4. The first-order valence-electron chi connectivity index (χ1n) is 46.8. The molecule has 7 aliphatic heterocycles. The van der Waals surface area contributed by atoms with Crippen molar-refractivity contribution in [2.75, 3.05) is 88.6 Å². The predicted octanol–water partition coefficient (Wildman–Crippen LogP) is 13.0. The quantitative estimate of drug-likeness (QED) is 0.0191. The highest BCUT2D eigenvalue weighted by molar-refractivity contribution is 8.07. The van der Waals surface area contributed by atoms with Crippen molar-refractivity contribution in [1.82, 2.24) is 87.9 Å². The lowest BCUT2D eigenvalue weighted by Crippen LogP contribution is -2.50. The summed E-state index contributed by atoms with van der Waals surface area (Å²) in [6.07, 6.45) is 8.78. The summed E-state index contributed by atoms with van der Waals surface area (Å²) in [6, 6.07) is 17.7. The number of imidazole rings is 4. The molecule has 8 aromatic heterocycles. The highest BCUT2D eigenvalue weighted by Gasteiger charge is 2.57. The lowest BCUT2D eigenvalue weighted by molar-refractivity contribution is -0.0610. The zero-order chi connectivity index (χ0) is 100. The zero-order valence-electron chi connectivity index (χ0n) is 82.1. The summed E-state index contributed by atoms with van der Waals surface area (Å²) in [5, 5.41) is 19.8. The summed E-state index contributed by atoms with van der Waals surface area (Å²) in [5.74, 6) is -1.02. The molecule has 0 radical (unpaired) electrons. The van der Waals surface area contributed by atoms with E-state index < -0.39 is 139 Å². The zero-order valence-corrected chi connectivity index (χ0v) is 89.3. The first-order chi connectivity index (χ1) is 66.3. The molecule has 17 rings (SSSR count). The minimum Gasteiger partial charge on any atom is -0.412 e. The van der Waals surface area contributed by atoms with Crippen molar-refractivity contribution in [2.45, 2.75) is 245 Å². The highest BCUT2D eigenvalue weighted by atomic mass is 32.5. The number of hydrogen-bond acceptors (Lipinski definition) is 34. The number of fused-ring (bicyclic) bond motifs is 12. The van der Waals surface area contributed by atoms with Gasteiger partial charge in [-0.3, -0.25) is 46.7 Å². The van der Waals surface area contributed by atoms with Gasteiger partial charge in [0.1, 0.15) is 79.1 Å². The minimum atomic E-state index is -4.14. The molecule has 3 unspecified atom stereocenters. The molecule has 15 heterocycles. The molecule has 5 saturated heterocycles. The van der Waals surface area contributed by atoms with E-state index in [2.05, 4.69) is 169 Å². The molecule has 2 aromatic carbocycles. The highest BCUT2D eigenvalue weighted by Crippen LogP contribution is 2.57. The first-order valence-corrected chi connectivity index (χ1v) is 59.6. The maximum atomic E-state index is 14.3. The van der Waals surface area contributed by atoms with E-state index in [1.54, 1.807) is 80.1 Å². The number of carbonyl (C=O) groups excluding carboxylic acids is 2. The number of carbonyl (C=O) groups is 2. The van der Waals surface area contributed by atoms with E-state index in [-0.39, 0.29) is 95.6 Å². The molecule has 5 fully saturated rings. The van der Waals surface area contributed by atoms with Gasteiger partial charge in [-0.25, -0.2) is 64.4 Å². The molecule has 140 heavy (non-hydrogen) atoms. The predicted molar refractivity (Wildman–Crippen MR) is 537 cm³/mol. The van der Waals surface area contributed by atoms with E-state index in [9.17, 15) is 43.6 Å². The van der Waals surface area contributed by atoms with Crippen LogP contribution in [0.2, 0.25) is 36.3 Å². The molecule has 19 atom stereocenters. The molecule has 0 spiro atoms. The number of aryl methyl sites for hydroxylation is 2. The van der Waals surface area contributed by atoms with Crippen molar-refractivity contribution in [2.24, 2.45) is 11.8 Å². The van der Waals surface area contributed by atoms with Gasteiger partial charge in [-0.1, -0.05) is 158 Å². The van der Waals surface area contributed by atoms with Gasteiger partial charge < -0.3 is 76.6 Å². The number of aromatic nitrogens is 16. The number of rotatable bonds is 26. The SMILES string of the molecule is CCN(CC)CC.CCN(CC)CC.C[C@H]1[C@@H](O[P+](=O)O)[C@H](n2cnc3c(CC/C=C/CN(C(=O)c4ccccc4)c4ncnc5c4ncn5[C@@H]4O[C@H](CO)[C@@H](O[Si](C)(C)C(C)(C)C)[C@H]4OP=O)ncnc32)O[C@@H]1CO.C[C@H]1[C@H]2OP(O)(=S)OC[C@H]3O[C@@H]4[C@H](OP(O)(=S)OC[C@H]1O[C@H]2n1cnc2c(ncnc21)CC/C=C/CN(C(=O)c1ccccc1)c1ncnc2c1ncn24)[C@@H]3O[Si](C)(C)C(C)(C)C.O. The third-order valence-electron chi connectivity index (χ3n) is 26.9.